The molecule has 1 fully saturated rings. The third kappa shape index (κ3) is 14.3. The van der Waals surface area contributed by atoms with E-state index in [1.165, 1.54) is 27.7 Å². The van der Waals surface area contributed by atoms with Crippen LogP contribution in [0.3, 0.4) is 0 Å². The number of rotatable bonds is 18. The van der Waals surface area contributed by atoms with Crippen LogP contribution in [-0.4, -0.2) is 89.8 Å². The summed E-state index contributed by atoms with van der Waals surface area (Å²) >= 11 is 2.27. The van der Waals surface area contributed by atoms with Gasteiger partial charge >= 0.3 is 19.1 Å². The van der Waals surface area contributed by atoms with Crippen molar-refractivity contribution in [2.75, 3.05) is 26.2 Å². The fourth-order valence-corrected chi connectivity index (χ4v) is 6.08. The van der Waals surface area contributed by atoms with Gasteiger partial charge in [-0.15, -0.1) is 0 Å². The second-order valence-corrected chi connectivity index (χ2v) is 14.4. The number of halogens is 1. The van der Waals surface area contributed by atoms with Crippen molar-refractivity contribution in [2.24, 2.45) is 5.92 Å². The molecule has 1 aliphatic rings. The van der Waals surface area contributed by atoms with E-state index in [0.29, 0.717) is 38.8 Å². The molecule has 0 saturated carbocycles. The van der Waals surface area contributed by atoms with E-state index in [1.807, 2.05) is 44.2 Å². The van der Waals surface area contributed by atoms with Gasteiger partial charge in [0, 0.05) is 35.4 Å². The topological polar surface area (TPSA) is 169 Å². The molecular formula is C37H46BIN6O7. The van der Waals surface area contributed by atoms with Crippen LogP contribution < -0.4 is 16.0 Å². The Morgan fingerprint density at radius 1 is 0.904 bits per heavy atom. The molecule has 1 aromatic heterocycles. The fourth-order valence-electron chi connectivity index (χ4n) is 5.72. The maximum Gasteiger partial charge on any atom is 0.622 e. The molecule has 1 aliphatic heterocycles. The molecule has 0 aliphatic carbocycles. The van der Waals surface area contributed by atoms with Crippen LogP contribution in [0.5, 0.6) is 0 Å². The minimum Gasteiger partial charge on any atom is -0.497 e. The van der Waals surface area contributed by atoms with E-state index in [9.17, 15) is 24.0 Å². The fraction of sp³-hybridized carbons (Fsp3) is 0.432. The molecule has 15 heteroatoms. The zero-order valence-electron chi connectivity index (χ0n) is 29.6. The van der Waals surface area contributed by atoms with Gasteiger partial charge in [0.25, 0.3) is 5.91 Å². The summed E-state index contributed by atoms with van der Waals surface area (Å²) in [6, 6.07) is 16.4. The van der Waals surface area contributed by atoms with E-state index in [-0.39, 0.29) is 37.0 Å². The zero-order valence-corrected chi connectivity index (χ0v) is 31.8. The summed E-state index contributed by atoms with van der Waals surface area (Å²) in [5, 5.41) is 8.56. The first kappa shape index (κ1) is 40.4. The van der Waals surface area contributed by atoms with Gasteiger partial charge < -0.3 is 25.3 Å². The summed E-state index contributed by atoms with van der Waals surface area (Å²) in [7, 11) is -1.36. The molecule has 0 spiro atoms. The molecule has 4 rings (SSSR count). The van der Waals surface area contributed by atoms with Gasteiger partial charge in [0.2, 0.25) is 11.8 Å². The summed E-state index contributed by atoms with van der Waals surface area (Å²) in [5.74, 6) is -3.17. The Bertz CT molecular complexity index is 1600. The van der Waals surface area contributed by atoms with Crippen molar-refractivity contribution >= 4 is 59.4 Å². The molecule has 276 valence electrons. The predicted molar refractivity (Wildman–Crippen MR) is 204 cm³/mol. The van der Waals surface area contributed by atoms with Crippen LogP contribution in [0.1, 0.15) is 67.6 Å². The first-order valence-corrected chi connectivity index (χ1v) is 18.7. The van der Waals surface area contributed by atoms with Gasteiger partial charge in [-0.25, -0.2) is 4.98 Å². The number of unbranched alkanes of at least 4 members (excludes halogenated alkanes) is 1. The number of nitrogens with one attached hydrogen (secondary N) is 3. The molecular weight excluding hydrogens is 778 g/mol. The Labute approximate surface area is 318 Å². The van der Waals surface area contributed by atoms with Gasteiger partial charge in [0.1, 0.15) is 11.7 Å². The lowest BCUT2D eigenvalue weighted by Gasteiger charge is -2.30. The molecule has 0 radical (unpaired) electrons. The van der Waals surface area contributed by atoms with E-state index < -0.39 is 42.9 Å². The first-order chi connectivity index (χ1) is 25.0. The molecule has 0 bridgehead atoms. The summed E-state index contributed by atoms with van der Waals surface area (Å²) in [6.45, 7) is 4.51. The number of hydrogen-bond donors (Lipinski definition) is 3. The number of aromatic nitrogens is 2. The maximum absolute atomic E-state index is 13.8. The van der Waals surface area contributed by atoms with Gasteiger partial charge in [-0.2, -0.15) is 0 Å². The van der Waals surface area contributed by atoms with Gasteiger partial charge in [-0.05, 0) is 90.4 Å². The summed E-state index contributed by atoms with van der Waals surface area (Å²) in [5.41, 5.74) is 2.06. The smallest absolute Gasteiger partial charge is 0.497 e. The van der Waals surface area contributed by atoms with Crippen molar-refractivity contribution in [1.82, 2.24) is 30.8 Å². The molecule has 3 amide bonds. The molecule has 2 heterocycles. The minimum absolute atomic E-state index is 0.00252. The number of carbonyl (C=O) groups is 5. The highest BCUT2D eigenvalue weighted by Gasteiger charge is 2.42. The van der Waals surface area contributed by atoms with Crippen molar-refractivity contribution in [3.63, 3.8) is 0 Å². The Morgan fingerprint density at radius 2 is 1.62 bits per heavy atom. The summed E-state index contributed by atoms with van der Waals surface area (Å²) in [4.78, 5) is 74.7. The van der Waals surface area contributed by atoms with Gasteiger partial charge in [-0.1, -0.05) is 56.3 Å². The number of nitrogens with zero attached hydrogens (tertiary/aromatic N) is 3. The number of hydrogen-bond acceptors (Lipinski definition) is 10. The highest BCUT2D eigenvalue weighted by molar-refractivity contribution is 14.1. The molecule has 0 unspecified atom stereocenters. The zero-order chi connectivity index (χ0) is 37.3. The van der Waals surface area contributed by atoms with Crippen LogP contribution in [0.4, 0.5) is 0 Å². The Balaban J connectivity index is 1.27. The maximum atomic E-state index is 13.8. The normalized spacial score (nSPS) is 14.7. The third-order valence-electron chi connectivity index (χ3n) is 8.29. The standard InChI is InChI=1S/C37H46BIN6O7/c1-26(2)21-32(44-36(49)30(22-28-9-4-3-5-10-28)43-37(50)31-23-40-18-19-41-31)38-51-34(47)24-45(25-35(48)52-38)20-7-6-17-42-33(46)12-8-11-27-13-15-29(39)16-14-27/h3-5,9-10,13-16,18-19,23,26,30,32H,6-8,11-12,17,20-22,24-25H2,1-2H3,(H,42,46)(H,43,50)(H,44,49)/t30-,32-/m0/s1. The molecule has 13 nitrogen and oxygen atoms in total. The van der Waals surface area contributed by atoms with E-state index in [0.717, 1.165) is 18.4 Å². The van der Waals surface area contributed by atoms with Crippen LogP contribution in [-0.2, 0) is 41.3 Å². The van der Waals surface area contributed by atoms with Crippen molar-refractivity contribution in [2.45, 2.75) is 70.8 Å². The van der Waals surface area contributed by atoms with Crippen molar-refractivity contribution < 1.29 is 33.3 Å². The van der Waals surface area contributed by atoms with Crippen molar-refractivity contribution in [1.29, 1.82) is 0 Å². The highest BCUT2D eigenvalue weighted by Crippen LogP contribution is 2.15. The average molecular weight is 825 g/mol. The SMILES string of the molecule is CC(C)C[C@H](NC(=O)[C@H](Cc1ccccc1)NC(=O)c1cnccn1)B1OC(=O)CN(CCCCNC(=O)CCCc2ccc(I)cc2)CC(=O)O1. The van der Waals surface area contributed by atoms with E-state index in [4.69, 9.17) is 9.31 Å². The quantitative estimate of drug-likeness (QED) is 0.0984. The number of benzene rings is 2. The molecule has 1 saturated heterocycles. The lowest BCUT2D eigenvalue weighted by Crippen LogP contribution is -2.58. The Hall–Kier alpha value is -4.38. The van der Waals surface area contributed by atoms with Crippen molar-refractivity contribution in [3.05, 3.63) is 93.6 Å². The number of amides is 3. The molecule has 3 aromatic rings. The summed E-state index contributed by atoms with van der Waals surface area (Å²) in [6.07, 6.45) is 7.99. The van der Waals surface area contributed by atoms with E-state index in [2.05, 4.69) is 72.8 Å². The molecule has 2 aromatic carbocycles. The molecule has 3 N–H and O–H groups in total. The van der Waals surface area contributed by atoms with Gasteiger partial charge in [-0.3, -0.25) is 33.9 Å². The lowest BCUT2D eigenvalue weighted by molar-refractivity contribution is -0.147. The van der Waals surface area contributed by atoms with Gasteiger partial charge in [0.05, 0.1) is 25.2 Å². The average Bonchev–Trinajstić information content (AvgIpc) is 3.11. The van der Waals surface area contributed by atoms with E-state index in [1.54, 1.807) is 4.90 Å². The Morgan fingerprint density at radius 3 is 2.27 bits per heavy atom. The van der Waals surface area contributed by atoms with Crippen LogP contribution in [0.2, 0.25) is 0 Å². The monoisotopic (exact) mass is 824 g/mol. The Kier molecular flexibility index (Phi) is 16.5. The second-order valence-electron chi connectivity index (χ2n) is 13.1. The van der Waals surface area contributed by atoms with Crippen molar-refractivity contribution in [3.8, 4) is 0 Å². The lowest BCUT2D eigenvalue weighted by atomic mass is 9.73. The van der Waals surface area contributed by atoms with Crippen LogP contribution in [0, 0.1) is 9.49 Å². The van der Waals surface area contributed by atoms with E-state index >= 15 is 0 Å². The molecule has 2 atom stereocenters. The number of carbonyl (C=O) groups excluding carboxylic acids is 5. The predicted octanol–water partition coefficient (Wildman–Crippen LogP) is 3.30. The van der Waals surface area contributed by atoms with Crippen LogP contribution in [0.25, 0.3) is 0 Å². The second kappa shape index (κ2) is 21.2. The summed E-state index contributed by atoms with van der Waals surface area (Å²) < 4.78 is 12.5. The highest BCUT2D eigenvalue weighted by atomic mass is 127. The first-order valence-electron chi connectivity index (χ1n) is 17.6. The molecule has 52 heavy (non-hydrogen) atoms. The number of aryl methyl sites for hydroxylation is 1. The third-order valence-corrected chi connectivity index (χ3v) is 9.01. The minimum atomic E-state index is -1.36. The largest absolute Gasteiger partial charge is 0.622 e. The van der Waals surface area contributed by atoms with Crippen LogP contribution in [0.15, 0.2) is 73.2 Å². The van der Waals surface area contributed by atoms with Crippen LogP contribution >= 0.6 is 22.6 Å². The van der Waals surface area contributed by atoms with Gasteiger partial charge in [0.15, 0.2) is 0 Å².